The molecule has 0 N–H and O–H groups in total. The Balaban J connectivity index is 1.70. The minimum Gasteiger partial charge on any atom is -0.493 e. The number of hydrogen-bond donors (Lipinski definition) is 0. The highest BCUT2D eigenvalue weighted by molar-refractivity contribution is 9.10. The van der Waals surface area contributed by atoms with Crippen LogP contribution in [0.3, 0.4) is 0 Å². The minimum atomic E-state index is -0.123. The summed E-state index contributed by atoms with van der Waals surface area (Å²) in [6.07, 6.45) is 9.03. The van der Waals surface area contributed by atoms with Gasteiger partial charge in [0.1, 0.15) is 17.8 Å². The summed E-state index contributed by atoms with van der Waals surface area (Å²) < 4.78 is 13.1. The van der Waals surface area contributed by atoms with Gasteiger partial charge in [-0.3, -0.25) is 4.79 Å². The molecule has 1 aliphatic carbocycles. The molecule has 0 saturated heterocycles. The van der Waals surface area contributed by atoms with Crippen LogP contribution in [-0.4, -0.2) is 29.6 Å². The van der Waals surface area contributed by atoms with E-state index in [0.29, 0.717) is 18.1 Å². The van der Waals surface area contributed by atoms with E-state index < -0.39 is 0 Å². The lowest BCUT2D eigenvalue weighted by atomic mass is 9.97. The molecule has 8 heteroatoms. The van der Waals surface area contributed by atoms with Gasteiger partial charge in [-0.1, -0.05) is 12.7 Å². The lowest BCUT2D eigenvalue weighted by Gasteiger charge is -2.12. The molecular formula is C21H20BrN3O3S. The number of nitrogens with zero attached hydrogens (tertiary/aromatic N) is 3. The first-order valence-electron chi connectivity index (χ1n) is 9.30. The fourth-order valence-electron chi connectivity index (χ4n) is 3.44. The number of ether oxygens (including phenoxy) is 2. The maximum atomic E-state index is 13.0. The summed E-state index contributed by atoms with van der Waals surface area (Å²) in [6.45, 7) is 4.02. The maximum Gasteiger partial charge on any atom is 0.282 e. The zero-order valence-electron chi connectivity index (χ0n) is 16.0. The fraction of sp³-hybridized carbons (Fsp3) is 0.286. The van der Waals surface area contributed by atoms with Gasteiger partial charge in [0, 0.05) is 4.88 Å². The SMILES string of the molecule is C=CCOc1c(Br)cc(/C=N\n2cnc3sc4c(c3c2=O)CCCC4)cc1OC. The molecule has 29 heavy (non-hydrogen) atoms. The second-order valence-corrected chi connectivity index (χ2v) is 8.60. The van der Waals surface area contributed by atoms with Gasteiger partial charge >= 0.3 is 0 Å². The lowest BCUT2D eigenvalue weighted by Crippen LogP contribution is -2.18. The van der Waals surface area contributed by atoms with E-state index in [9.17, 15) is 4.79 Å². The Labute approximate surface area is 180 Å². The first-order valence-corrected chi connectivity index (χ1v) is 10.9. The normalized spacial score (nSPS) is 13.6. The summed E-state index contributed by atoms with van der Waals surface area (Å²) >= 11 is 5.13. The summed E-state index contributed by atoms with van der Waals surface area (Å²) in [5, 5.41) is 5.07. The summed E-state index contributed by atoms with van der Waals surface area (Å²) in [4.78, 5) is 19.6. The van der Waals surface area contributed by atoms with Crippen molar-refractivity contribution in [3.8, 4) is 11.5 Å². The van der Waals surface area contributed by atoms with Crippen molar-refractivity contribution < 1.29 is 9.47 Å². The topological polar surface area (TPSA) is 65.7 Å². The summed E-state index contributed by atoms with van der Waals surface area (Å²) in [5.74, 6) is 1.16. The molecule has 0 spiro atoms. The van der Waals surface area contributed by atoms with Crippen molar-refractivity contribution in [1.82, 2.24) is 9.66 Å². The average Bonchev–Trinajstić information content (AvgIpc) is 3.11. The number of methoxy groups -OCH3 is 1. The van der Waals surface area contributed by atoms with Crippen LogP contribution in [0.4, 0.5) is 0 Å². The molecule has 2 heterocycles. The van der Waals surface area contributed by atoms with Crippen molar-refractivity contribution in [2.75, 3.05) is 13.7 Å². The molecule has 0 bridgehead atoms. The number of fused-ring (bicyclic) bond motifs is 3. The smallest absolute Gasteiger partial charge is 0.282 e. The number of hydrogen-bond acceptors (Lipinski definition) is 6. The number of aromatic nitrogens is 2. The van der Waals surface area contributed by atoms with Gasteiger partial charge < -0.3 is 9.47 Å². The van der Waals surface area contributed by atoms with Gasteiger partial charge in [0.05, 0.1) is 23.2 Å². The molecule has 0 atom stereocenters. The molecule has 0 amide bonds. The van der Waals surface area contributed by atoms with Crippen LogP contribution in [0, 0.1) is 0 Å². The van der Waals surface area contributed by atoms with Gasteiger partial charge in [0.15, 0.2) is 11.5 Å². The van der Waals surface area contributed by atoms with Crippen LogP contribution in [0.2, 0.25) is 0 Å². The van der Waals surface area contributed by atoms with Crippen LogP contribution in [0.5, 0.6) is 11.5 Å². The summed E-state index contributed by atoms with van der Waals surface area (Å²) in [6, 6.07) is 3.66. The van der Waals surface area contributed by atoms with E-state index in [1.165, 1.54) is 22.3 Å². The summed E-state index contributed by atoms with van der Waals surface area (Å²) in [5.41, 5.74) is 1.80. The van der Waals surface area contributed by atoms with E-state index in [0.717, 1.165) is 45.1 Å². The van der Waals surface area contributed by atoms with Crippen LogP contribution >= 0.6 is 27.3 Å². The molecule has 4 rings (SSSR count). The van der Waals surface area contributed by atoms with Gasteiger partial charge in [0.25, 0.3) is 5.56 Å². The molecule has 2 aromatic heterocycles. The van der Waals surface area contributed by atoms with E-state index in [-0.39, 0.29) is 5.56 Å². The largest absolute Gasteiger partial charge is 0.493 e. The third kappa shape index (κ3) is 3.86. The Hall–Kier alpha value is -2.45. The monoisotopic (exact) mass is 473 g/mol. The van der Waals surface area contributed by atoms with E-state index in [4.69, 9.17) is 9.47 Å². The van der Waals surface area contributed by atoms with Gasteiger partial charge in [0.2, 0.25) is 0 Å². The van der Waals surface area contributed by atoms with E-state index in [2.05, 4.69) is 32.6 Å². The third-order valence-corrected chi connectivity index (χ3v) is 6.58. The fourth-order valence-corrected chi connectivity index (χ4v) is 5.24. The van der Waals surface area contributed by atoms with Crippen LogP contribution < -0.4 is 15.0 Å². The quantitative estimate of drug-likeness (QED) is 0.388. The molecule has 1 aliphatic rings. The van der Waals surface area contributed by atoms with Crippen molar-refractivity contribution in [2.24, 2.45) is 5.10 Å². The molecule has 150 valence electrons. The summed E-state index contributed by atoms with van der Waals surface area (Å²) in [7, 11) is 1.57. The first kappa shape index (κ1) is 19.8. The molecule has 0 unspecified atom stereocenters. The Morgan fingerprint density at radius 1 is 1.38 bits per heavy atom. The van der Waals surface area contributed by atoms with Crippen molar-refractivity contribution in [3.63, 3.8) is 0 Å². The van der Waals surface area contributed by atoms with Gasteiger partial charge in [-0.25, -0.2) is 4.98 Å². The van der Waals surface area contributed by atoms with Crippen molar-refractivity contribution in [1.29, 1.82) is 0 Å². The first-order chi connectivity index (χ1) is 14.1. The molecular weight excluding hydrogens is 454 g/mol. The molecule has 6 nitrogen and oxygen atoms in total. The van der Waals surface area contributed by atoms with Crippen LogP contribution in [0.25, 0.3) is 10.2 Å². The van der Waals surface area contributed by atoms with Crippen molar-refractivity contribution in [2.45, 2.75) is 25.7 Å². The molecule has 3 aromatic rings. The third-order valence-electron chi connectivity index (χ3n) is 4.79. The van der Waals surface area contributed by atoms with Crippen LogP contribution in [0.1, 0.15) is 28.8 Å². The van der Waals surface area contributed by atoms with Crippen molar-refractivity contribution >= 4 is 43.7 Å². The number of rotatable bonds is 6. The maximum absolute atomic E-state index is 13.0. The highest BCUT2D eigenvalue weighted by Gasteiger charge is 2.20. The predicted octanol–water partition coefficient (Wildman–Crippen LogP) is 4.55. The molecule has 0 fully saturated rings. The number of benzene rings is 1. The lowest BCUT2D eigenvalue weighted by molar-refractivity contribution is 0.324. The van der Waals surface area contributed by atoms with Crippen molar-refractivity contribution in [3.05, 3.63) is 61.9 Å². The zero-order valence-corrected chi connectivity index (χ0v) is 18.4. The minimum absolute atomic E-state index is 0.123. The van der Waals surface area contributed by atoms with Gasteiger partial charge in [-0.05, 0) is 64.9 Å². The van der Waals surface area contributed by atoms with Crippen LogP contribution in [-0.2, 0) is 12.8 Å². The Morgan fingerprint density at radius 3 is 3.00 bits per heavy atom. The number of halogens is 1. The Morgan fingerprint density at radius 2 is 2.21 bits per heavy atom. The molecule has 0 radical (unpaired) electrons. The molecule has 1 aromatic carbocycles. The number of thiophene rings is 1. The Bertz CT molecular complexity index is 1170. The second-order valence-electron chi connectivity index (χ2n) is 6.66. The van der Waals surface area contributed by atoms with E-state index >= 15 is 0 Å². The molecule has 0 aliphatic heterocycles. The standard InChI is InChI=1S/C21H20BrN3O3S/c1-3-8-28-19-15(22)9-13(10-16(19)27-2)11-24-25-12-23-20-18(21(25)26)14-6-4-5-7-17(14)29-20/h3,9-12H,1,4-8H2,2H3/b24-11-. The second kappa shape index (κ2) is 8.51. The highest BCUT2D eigenvalue weighted by atomic mass is 79.9. The molecule has 0 saturated carbocycles. The average molecular weight is 474 g/mol. The zero-order chi connectivity index (χ0) is 20.4. The van der Waals surface area contributed by atoms with Crippen LogP contribution in [0.15, 0.2) is 45.5 Å². The van der Waals surface area contributed by atoms with E-state index in [1.54, 1.807) is 36.8 Å². The van der Waals surface area contributed by atoms with Gasteiger partial charge in [-0.2, -0.15) is 9.78 Å². The van der Waals surface area contributed by atoms with Gasteiger partial charge in [-0.15, -0.1) is 11.3 Å². The predicted molar refractivity (Wildman–Crippen MR) is 120 cm³/mol. The van der Waals surface area contributed by atoms with E-state index in [1.807, 2.05) is 6.07 Å². The highest BCUT2D eigenvalue weighted by Crippen LogP contribution is 2.36. The Kier molecular flexibility index (Phi) is 5.82. The number of aryl methyl sites for hydroxylation is 2.